The first-order chi connectivity index (χ1) is 31.1. The third kappa shape index (κ3) is 13.0. The number of aromatic nitrogens is 1. The predicted octanol–water partition coefficient (Wildman–Crippen LogP) is 7.39. The van der Waals surface area contributed by atoms with E-state index in [0.29, 0.717) is 28.4 Å². The van der Waals surface area contributed by atoms with Crippen molar-refractivity contribution >= 4 is 43.6 Å². The van der Waals surface area contributed by atoms with Crippen molar-refractivity contribution in [1.82, 2.24) is 15.0 Å². The lowest BCUT2D eigenvalue weighted by atomic mass is 9.78. The number of nitrogens with two attached hydrogens (primary N) is 2. The smallest absolute Gasteiger partial charge is 0.397 e. The van der Waals surface area contributed by atoms with E-state index in [0.717, 1.165) is 45.8 Å². The van der Waals surface area contributed by atoms with Gasteiger partial charge in [-0.05, 0) is 67.1 Å². The van der Waals surface area contributed by atoms with Crippen molar-refractivity contribution in [2.24, 2.45) is 27.6 Å². The molecule has 0 radical (unpaired) electrons. The van der Waals surface area contributed by atoms with Crippen LogP contribution in [0.1, 0.15) is 76.8 Å². The molecule has 1 aliphatic rings. The SMILES string of the molecule is CNC(=O)c1cn(COC(=O)CC(C)(C)c2c(C)cc(C)cc2OP(OCc2ccccc2)OCc2ccccc2)/c(=N/C(=O)C2CC2)cc1Nc1cccc(/C(N)=N/N(C)N)c1OC. The number of rotatable bonds is 20. The zero-order valence-electron chi connectivity index (χ0n) is 37.8. The molecule has 0 unspecified atom stereocenters. The second-order valence-electron chi connectivity index (χ2n) is 16.3. The van der Waals surface area contributed by atoms with Crippen molar-refractivity contribution in [3.63, 3.8) is 0 Å². The topological polar surface area (TPSA) is 206 Å². The number of aryl methyl sites for hydroxylation is 2. The van der Waals surface area contributed by atoms with Gasteiger partial charge in [-0.25, -0.2) is 11.0 Å². The van der Waals surface area contributed by atoms with Crippen LogP contribution in [0.15, 0.2) is 113 Å². The van der Waals surface area contributed by atoms with Gasteiger partial charge in [0.1, 0.15) is 11.2 Å². The van der Waals surface area contributed by atoms with Crippen LogP contribution in [0.4, 0.5) is 11.4 Å². The van der Waals surface area contributed by atoms with Crippen molar-refractivity contribution in [2.45, 2.75) is 72.3 Å². The zero-order chi connectivity index (χ0) is 46.7. The van der Waals surface area contributed by atoms with Crippen LogP contribution in [0.3, 0.4) is 0 Å². The van der Waals surface area contributed by atoms with E-state index in [4.69, 9.17) is 34.6 Å². The van der Waals surface area contributed by atoms with E-state index in [9.17, 15) is 14.4 Å². The van der Waals surface area contributed by atoms with Gasteiger partial charge < -0.3 is 30.4 Å². The maximum atomic E-state index is 13.9. The van der Waals surface area contributed by atoms with Gasteiger partial charge in [0.25, 0.3) is 11.8 Å². The molecule has 0 spiro atoms. The van der Waals surface area contributed by atoms with Gasteiger partial charge in [-0.1, -0.05) is 86.6 Å². The fourth-order valence-corrected chi connectivity index (χ4v) is 8.24. The van der Waals surface area contributed by atoms with Gasteiger partial charge >= 0.3 is 14.6 Å². The first-order valence-electron chi connectivity index (χ1n) is 21.1. The number of carbonyl (C=O) groups excluding carboxylic acids is 3. The average Bonchev–Trinajstić information content (AvgIpc) is 4.13. The summed E-state index contributed by atoms with van der Waals surface area (Å²) < 4.78 is 32.3. The number of hydrazone groups is 1. The first kappa shape index (κ1) is 47.9. The minimum absolute atomic E-state index is 0.0561. The van der Waals surface area contributed by atoms with Crippen molar-refractivity contribution in [1.29, 1.82) is 0 Å². The number of anilines is 2. The summed E-state index contributed by atoms with van der Waals surface area (Å²) in [5.74, 6) is 5.14. The van der Waals surface area contributed by atoms with E-state index in [1.54, 1.807) is 24.3 Å². The Hall–Kier alpha value is -6.58. The molecular weight excluding hydrogens is 848 g/mol. The number of amides is 2. The number of carbonyl (C=O) groups is 3. The monoisotopic (exact) mass is 904 g/mol. The second-order valence-corrected chi connectivity index (χ2v) is 17.4. The van der Waals surface area contributed by atoms with Crippen LogP contribution >= 0.6 is 8.60 Å². The first-order valence-corrected chi connectivity index (χ1v) is 22.2. The molecule has 1 heterocycles. The van der Waals surface area contributed by atoms with E-state index < -0.39 is 25.9 Å². The lowest BCUT2D eigenvalue weighted by Crippen LogP contribution is -2.30. The highest BCUT2D eigenvalue weighted by atomic mass is 31.2. The highest BCUT2D eigenvalue weighted by Crippen LogP contribution is 2.47. The molecule has 16 nitrogen and oxygen atoms in total. The molecular formula is C48H57N8O8P. The Balaban J connectivity index is 1.27. The van der Waals surface area contributed by atoms with E-state index in [1.807, 2.05) is 100 Å². The molecule has 2 amide bonds. The molecule has 0 saturated heterocycles. The van der Waals surface area contributed by atoms with Gasteiger partial charge in [0.2, 0.25) is 0 Å². The molecule has 5 aromatic rings. The maximum Gasteiger partial charge on any atom is 0.397 e. The fourth-order valence-electron chi connectivity index (χ4n) is 7.24. The zero-order valence-corrected chi connectivity index (χ0v) is 38.7. The molecule has 0 bridgehead atoms. The summed E-state index contributed by atoms with van der Waals surface area (Å²) in [6.07, 6.45) is 2.88. The summed E-state index contributed by atoms with van der Waals surface area (Å²) in [5, 5.41) is 11.1. The molecule has 1 aliphatic carbocycles. The van der Waals surface area contributed by atoms with E-state index >= 15 is 0 Å². The standard InChI is InChI=1S/C48H57N8O8P/c1-31-23-32(2)43(40(24-31)64-65(62-28-33-15-10-8-11-16-33)63-29-34-17-12-9-13-18-34)48(3,4)26-42(57)61-30-56-27-37(47(59)51-5)39(25-41(56)53-46(58)35-21-22-35)52-38-20-14-19-36(44(38)60-7)45(49)54-55(6)50/h8-20,23-25,27,35,52H,21-22,26,28-30,50H2,1-7H3,(H2,49,54)(H,51,59)/b53-41+. The largest absolute Gasteiger partial charge is 0.494 e. The Kier molecular flexibility index (Phi) is 16.1. The molecule has 6 rings (SSSR count). The van der Waals surface area contributed by atoms with Gasteiger partial charge in [-0.15, -0.1) is 5.10 Å². The summed E-state index contributed by atoms with van der Waals surface area (Å²) >= 11 is 0. The van der Waals surface area contributed by atoms with Crippen LogP contribution in [0.5, 0.6) is 11.5 Å². The molecule has 65 heavy (non-hydrogen) atoms. The molecule has 1 aromatic heterocycles. The number of para-hydroxylation sites is 1. The number of nitrogens with one attached hydrogen (secondary N) is 2. The number of methoxy groups -OCH3 is 1. The number of pyridine rings is 1. The minimum atomic E-state index is -1.90. The number of hydrazine groups is 1. The molecule has 0 atom stereocenters. The quantitative estimate of drug-likeness (QED) is 0.0151. The van der Waals surface area contributed by atoms with Crippen LogP contribution in [0.25, 0.3) is 0 Å². The Labute approximate surface area is 380 Å². The molecule has 6 N–H and O–H groups in total. The van der Waals surface area contributed by atoms with Crippen LogP contribution in [0.2, 0.25) is 0 Å². The lowest BCUT2D eigenvalue weighted by Gasteiger charge is -2.30. The van der Waals surface area contributed by atoms with E-state index in [1.165, 1.54) is 32.0 Å². The Morgan fingerprint density at radius 3 is 2.12 bits per heavy atom. The number of benzene rings is 4. The molecule has 17 heteroatoms. The normalized spacial score (nSPS) is 13.1. The second kappa shape index (κ2) is 21.9. The summed E-state index contributed by atoms with van der Waals surface area (Å²) in [5.41, 5.74) is 11.5. The van der Waals surface area contributed by atoms with Crippen molar-refractivity contribution in [3.8, 4) is 11.5 Å². The fraction of sp³-hybridized carbons (Fsp3) is 0.312. The third-order valence-corrected chi connectivity index (χ3v) is 11.4. The van der Waals surface area contributed by atoms with E-state index in [2.05, 4.69) is 20.7 Å². The Morgan fingerprint density at radius 2 is 1.54 bits per heavy atom. The maximum absolute atomic E-state index is 13.9. The molecule has 0 aliphatic heterocycles. The minimum Gasteiger partial charge on any atom is -0.494 e. The predicted molar refractivity (Wildman–Crippen MR) is 250 cm³/mol. The van der Waals surface area contributed by atoms with Gasteiger partial charge in [0.05, 0.1) is 49.2 Å². The van der Waals surface area contributed by atoms with Crippen LogP contribution in [-0.4, -0.2) is 54.5 Å². The van der Waals surface area contributed by atoms with Crippen molar-refractivity contribution in [3.05, 3.63) is 148 Å². The molecule has 1 fully saturated rings. The number of nitrogens with zero attached hydrogens (tertiary/aromatic N) is 4. The number of ether oxygens (including phenoxy) is 2. The van der Waals surface area contributed by atoms with Gasteiger partial charge in [0.15, 0.2) is 18.3 Å². The summed E-state index contributed by atoms with van der Waals surface area (Å²) in [7, 11) is 2.60. The van der Waals surface area contributed by atoms with Crippen LogP contribution in [0, 0.1) is 19.8 Å². The number of hydrogen-bond acceptors (Lipinski definition) is 12. The summed E-state index contributed by atoms with van der Waals surface area (Å²) in [6, 6.07) is 30.3. The molecule has 4 aromatic carbocycles. The van der Waals surface area contributed by atoms with Gasteiger partial charge in [-0.2, -0.15) is 4.99 Å². The average molecular weight is 905 g/mol. The highest BCUT2D eigenvalue weighted by molar-refractivity contribution is 7.42. The summed E-state index contributed by atoms with van der Waals surface area (Å²) in [6.45, 7) is 8.03. The molecule has 1 saturated carbocycles. The van der Waals surface area contributed by atoms with E-state index in [-0.39, 0.29) is 55.1 Å². The third-order valence-electron chi connectivity index (χ3n) is 10.4. The van der Waals surface area contributed by atoms with Gasteiger partial charge in [0, 0.05) is 43.3 Å². The number of esters is 1. The van der Waals surface area contributed by atoms with Crippen molar-refractivity contribution < 1.29 is 37.4 Å². The number of amidine groups is 1. The van der Waals surface area contributed by atoms with Crippen LogP contribution in [-0.2, 0) is 48.7 Å². The highest BCUT2D eigenvalue weighted by Gasteiger charge is 2.33. The van der Waals surface area contributed by atoms with Crippen LogP contribution < -0.4 is 37.0 Å². The van der Waals surface area contributed by atoms with Gasteiger partial charge in [-0.3, -0.25) is 28.0 Å². The Morgan fingerprint density at radius 1 is 0.892 bits per heavy atom. The van der Waals surface area contributed by atoms with Crippen molar-refractivity contribution in [2.75, 3.05) is 26.5 Å². The summed E-state index contributed by atoms with van der Waals surface area (Å²) in [4.78, 5) is 45.0. The molecule has 342 valence electrons. The Bertz CT molecular complexity index is 2540. The lowest BCUT2D eigenvalue weighted by molar-refractivity contribution is -0.148. The number of hydrogen-bond donors (Lipinski definition) is 4.